The predicted molar refractivity (Wildman–Crippen MR) is 69.0 cm³/mol. The van der Waals surface area contributed by atoms with E-state index in [4.69, 9.17) is 9.47 Å². The minimum Gasteiger partial charge on any atom is -0.480 e. The van der Waals surface area contributed by atoms with Crippen LogP contribution < -0.4 is 0 Å². The molecule has 1 aliphatic rings. The lowest BCUT2D eigenvalue weighted by Gasteiger charge is -2.38. The molecule has 0 saturated heterocycles. The topological polar surface area (TPSA) is 91.6 Å². The number of hydrogen-bond acceptors (Lipinski definition) is 6. The van der Waals surface area contributed by atoms with Crippen LogP contribution in [0.25, 0.3) is 0 Å². The minimum absolute atomic E-state index is 0.702. The predicted octanol–water partition coefficient (Wildman–Crippen LogP) is 2.61. The molecule has 0 spiro atoms. The molecule has 2 rings (SSSR count). The summed E-state index contributed by atoms with van der Waals surface area (Å²) in [4.78, 5) is 24.5. The Labute approximate surface area is 127 Å². The Morgan fingerprint density at radius 1 is 1.57 bits per heavy atom. The molecule has 0 bridgehead atoms. The Kier molecular flexibility index (Phi) is 4.26. The van der Waals surface area contributed by atoms with Crippen molar-refractivity contribution in [1.82, 2.24) is 4.98 Å². The van der Waals surface area contributed by atoms with Crippen LogP contribution in [0.15, 0.2) is 30.8 Å². The van der Waals surface area contributed by atoms with Crippen molar-refractivity contribution in [2.45, 2.75) is 31.2 Å². The number of nitrogens with zero attached hydrogens (tertiary/aromatic N) is 2. The van der Waals surface area contributed by atoms with Crippen LogP contribution in [0.4, 0.5) is 18.9 Å². The van der Waals surface area contributed by atoms with E-state index in [1.54, 1.807) is 0 Å². The van der Waals surface area contributed by atoms with E-state index in [1.807, 2.05) is 0 Å². The molecule has 7 nitrogen and oxygen atoms in total. The van der Waals surface area contributed by atoms with Crippen molar-refractivity contribution in [2.24, 2.45) is 0 Å². The third-order valence-electron chi connectivity index (χ3n) is 3.26. The number of carbonyl (C=O) groups excluding carboxylic acids is 1. The monoisotopic (exact) mass is 332 g/mol. The van der Waals surface area contributed by atoms with Crippen molar-refractivity contribution in [3.63, 3.8) is 0 Å². The molecule has 1 aliphatic heterocycles. The van der Waals surface area contributed by atoms with Crippen LogP contribution >= 0.6 is 0 Å². The highest BCUT2D eigenvalue weighted by Gasteiger charge is 2.62. The number of nitro groups is 1. The van der Waals surface area contributed by atoms with Gasteiger partial charge < -0.3 is 9.47 Å². The summed E-state index contributed by atoms with van der Waals surface area (Å²) < 4.78 is 50.6. The number of hydrogen-bond donors (Lipinski definition) is 0. The first-order valence-electron chi connectivity index (χ1n) is 6.35. The standard InChI is InChI=1S/C13H11F3N2O5/c1-8(19)23-9-3-5-22-12(6-9,13(14,15)16)10-2-4-17-7-11(10)18(20)21/h2-5,7,9H,6H2,1H3. The highest BCUT2D eigenvalue weighted by molar-refractivity contribution is 5.66. The average Bonchev–Trinajstić information content (AvgIpc) is 2.45. The molecule has 2 unspecified atom stereocenters. The summed E-state index contributed by atoms with van der Waals surface area (Å²) in [6.07, 6.45) is -3.47. The second-order valence-electron chi connectivity index (χ2n) is 4.77. The van der Waals surface area contributed by atoms with Gasteiger partial charge in [0.1, 0.15) is 12.3 Å². The van der Waals surface area contributed by atoms with Crippen molar-refractivity contribution < 1.29 is 32.4 Å². The van der Waals surface area contributed by atoms with Gasteiger partial charge in [-0.15, -0.1) is 0 Å². The van der Waals surface area contributed by atoms with Gasteiger partial charge >= 0.3 is 12.1 Å². The van der Waals surface area contributed by atoms with Gasteiger partial charge in [-0.1, -0.05) is 0 Å². The fourth-order valence-electron chi connectivity index (χ4n) is 2.32. The highest BCUT2D eigenvalue weighted by Crippen LogP contribution is 2.50. The van der Waals surface area contributed by atoms with E-state index in [2.05, 4.69) is 4.98 Å². The highest BCUT2D eigenvalue weighted by atomic mass is 19.4. The van der Waals surface area contributed by atoms with E-state index in [0.717, 1.165) is 31.5 Å². The molecular formula is C13H11F3N2O5. The van der Waals surface area contributed by atoms with Gasteiger partial charge in [-0.05, 0) is 12.1 Å². The molecule has 0 aliphatic carbocycles. The number of carbonyl (C=O) groups is 1. The first kappa shape index (κ1) is 16.7. The Morgan fingerprint density at radius 2 is 2.26 bits per heavy atom. The summed E-state index contributed by atoms with van der Waals surface area (Å²) in [5.74, 6) is -0.776. The molecule has 1 aromatic heterocycles. The third kappa shape index (κ3) is 3.10. The summed E-state index contributed by atoms with van der Waals surface area (Å²) in [5.41, 5.74) is -4.54. The number of esters is 1. The second kappa shape index (κ2) is 5.86. The van der Waals surface area contributed by atoms with Crippen LogP contribution in [-0.2, 0) is 19.9 Å². The number of rotatable bonds is 3. The van der Waals surface area contributed by atoms with Gasteiger partial charge in [0.05, 0.1) is 16.7 Å². The van der Waals surface area contributed by atoms with Gasteiger partial charge in [0.15, 0.2) is 0 Å². The van der Waals surface area contributed by atoms with Gasteiger partial charge in [0.2, 0.25) is 5.60 Å². The summed E-state index contributed by atoms with van der Waals surface area (Å²) in [5, 5.41) is 11.0. The van der Waals surface area contributed by atoms with E-state index in [-0.39, 0.29) is 0 Å². The molecule has 0 aromatic carbocycles. The lowest BCUT2D eigenvalue weighted by atomic mass is 9.85. The number of halogens is 3. The smallest absolute Gasteiger partial charge is 0.433 e. The molecule has 0 N–H and O–H groups in total. The summed E-state index contributed by atoms with van der Waals surface area (Å²) in [6, 6.07) is 0.871. The Morgan fingerprint density at radius 3 is 2.83 bits per heavy atom. The number of pyridine rings is 1. The van der Waals surface area contributed by atoms with Crippen molar-refractivity contribution in [3.05, 3.63) is 46.5 Å². The molecule has 10 heteroatoms. The Bertz CT molecular complexity index is 661. The zero-order chi connectivity index (χ0) is 17.3. The lowest BCUT2D eigenvalue weighted by molar-refractivity contribution is -0.389. The lowest BCUT2D eigenvalue weighted by Crippen LogP contribution is -2.48. The Hall–Kier alpha value is -2.65. The molecule has 0 saturated carbocycles. The first-order chi connectivity index (χ1) is 10.7. The normalized spacial score (nSPS) is 23.9. The van der Waals surface area contributed by atoms with E-state index in [9.17, 15) is 28.1 Å². The second-order valence-corrected chi connectivity index (χ2v) is 4.77. The van der Waals surface area contributed by atoms with Crippen LogP contribution in [0, 0.1) is 10.1 Å². The van der Waals surface area contributed by atoms with E-state index >= 15 is 0 Å². The maximum atomic E-state index is 13.7. The van der Waals surface area contributed by atoms with E-state index < -0.39 is 46.4 Å². The maximum Gasteiger partial charge on any atom is 0.433 e. The summed E-state index contributed by atoms with van der Waals surface area (Å²) in [6.45, 7) is 1.05. The van der Waals surface area contributed by atoms with Gasteiger partial charge in [0, 0.05) is 19.5 Å². The fourth-order valence-corrected chi connectivity index (χ4v) is 2.32. The number of ether oxygens (including phenoxy) is 2. The van der Waals surface area contributed by atoms with Crippen molar-refractivity contribution >= 4 is 11.7 Å². The summed E-state index contributed by atoms with van der Waals surface area (Å²) in [7, 11) is 0. The molecule has 0 amide bonds. The van der Waals surface area contributed by atoms with Crippen molar-refractivity contribution in [1.29, 1.82) is 0 Å². The number of aromatic nitrogens is 1. The van der Waals surface area contributed by atoms with E-state index in [1.165, 1.54) is 0 Å². The minimum atomic E-state index is -4.98. The average molecular weight is 332 g/mol. The van der Waals surface area contributed by atoms with Gasteiger partial charge in [-0.3, -0.25) is 19.9 Å². The zero-order valence-corrected chi connectivity index (χ0v) is 11.7. The van der Waals surface area contributed by atoms with Crippen LogP contribution in [0.2, 0.25) is 0 Å². The largest absolute Gasteiger partial charge is 0.480 e. The van der Waals surface area contributed by atoms with Crippen LogP contribution in [0.3, 0.4) is 0 Å². The van der Waals surface area contributed by atoms with Gasteiger partial charge in [-0.25, -0.2) is 0 Å². The van der Waals surface area contributed by atoms with Crippen molar-refractivity contribution in [3.8, 4) is 0 Å². The molecule has 0 fully saturated rings. The van der Waals surface area contributed by atoms with E-state index in [0.29, 0.717) is 6.20 Å². The third-order valence-corrected chi connectivity index (χ3v) is 3.26. The summed E-state index contributed by atoms with van der Waals surface area (Å²) >= 11 is 0. The van der Waals surface area contributed by atoms with Crippen LogP contribution in [0.5, 0.6) is 0 Å². The molecule has 1 aromatic rings. The molecule has 0 radical (unpaired) electrons. The maximum absolute atomic E-state index is 13.7. The van der Waals surface area contributed by atoms with Crippen LogP contribution in [-0.4, -0.2) is 28.2 Å². The molecule has 124 valence electrons. The van der Waals surface area contributed by atoms with Gasteiger partial charge in [0.25, 0.3) is 5.69 Å². The van der Waals surface area contributed by atoms with Crippen LogP contribution in [0.1, 0.15) is 18.9 Å². The SMILES string of the molecule is CC(=O)OC1C=COC(c2ccncc2[N+](=O)[O-])(C(F)(F)F)C1. The number of alkyl halides is 3. The first-order valence-corrected chi connectivity index (χ1v) is 6.35. The Balaban J connectivity index is 2.57. The fraction of sp³-hybridized carbons (Fsp3) is 0.385. The molecule has 23 heavy (non-hydrogen) atoms. The quantitative estimate of drug-likeness (QED) is 0.480. The molecular weight excluding hydrogens is 321 g/mol. The molecule has 2 heterocycles. The zero-order valence-electron chi connectivity index (χ0n) is 11.7. The van der Waals surface area contributed by atoms with Crippen molar-refractivity contribution in [2.75, 3.05) is 0 Å². The molecule has 2 atom stereocenters. The van der Waals surface area contributed by atoms with Gasteiger partial charge in [-0.2, -0.15) is 13.2 Å².